The van der Waals surface area contributed by atoms with E-state index in [1.807, 2.05) is 62.4 Å². The molecular formula is C27H36BN3O5. The maximum Gasteiger partial charge on any atom is 0.475 e. The van der Waals surface area contributed by atoms with E-state index >= 15 is 0 Å². The summed E-state index contributed by atoms with van der Waals surface area (Å²) in [6, 6.07) is 19.0. The van der Waals surface area contributed by atoms with Crippen LogP contribution in [-0.2, 0) is 22.4 Å². The molecular weight excluding hydrogens is 457 g/mol. The zero-order chi connectivity index (χ0) is 26.6. The van der Waals surface area contributed by atoms with E-state index in [1.165, 1.54) is 0 Å². The number of rotatable bonds is 15. The average Bonchev–Trinajstić information content (AvgIpc) is 2.86. The van der Waals surface area contributed by atoms with Gasteiger partial charge in [0.2, 0.25) is 5.91 Å². The van der Waals surface area contributed by atoms with Gasteiger partial charge in [0.05, 0.1) is 36.6 Å². The topological polar surface area (TPSA) is 124 Å². The third-order valence-electron chi connectivity index (χ3n) is 5.81. The van der Waals surface area contributed by atoms with Crippen LogP contribution >= 0.6 is 0 Å². The fraction of sp³-hybridized carbons (Fsp3) is 0.407. The largest absolute Gasteiger partial charge is 0.493 e. The quantitative estimate of drug-likeness (QED) is 0.281. The number of nitrogens with zero attached hydrogens (tertiary/aromatic N) is 1. The highest BCUT2D eigenvalue weighted by atomic mass is 16.5. The van der Waals surface area contributed by atoms with Crippen LogP contribution in [0.1, 0.15) is 31.4 Å². The van der Waals surface area contributed by atoms with E-state index in [2.05, 4.69) is 23.3 Å². The molecule has 0 aliphatic heterocycles. The maximum absolute atomic E-state index is 12.3. The summed E-state index contributed by atoms with van der Waals surface area (Å²) in [5.74, 6) is -1.00. The van der Waals surface area contributed by atoms with Crippen molar-refractivity contribution in [1.29, 1.82) is 5.26 Å². The Morgan fingerprint density at radius 2 is 1.83 bits per heavy atom. The molecule has 8 nitrogen and oxygen atoms in total. The van der Waals surface area contributed by atoms with Gasteiger partial charge in [-0.15, -0.1) is 0 Å². The fourth-order valence-corrected chi connectivity index (χ4v) is 3.41. The highest BCUT2D eigenvalue weighted by Crippen LogP contribution is 2.19. The number of allylic oxidation sites excluding steroid dienone is 1. The van der Waals surface area contributed by atoms with Gasteiger partial charge in [-0.1, -0.05) is 49.0 Å². The number of benzene rings is 2. The molecule has 0 heterocycles. The van der Waals surface area contributed by atoms with Gasteiger partial charge in [-0.25, -0.2) is 0 Å². The number of carbonyl (C=O) groups excluding carboxylic acids is 1. The van der Waals surface area contributed by atoms with Crippen LogP contribution in [0.4, 0.5) is 0 Å². The molecule has 0 saturated heterocycles. The van der Waals surface area contributed by atoms with Gasteiger partial charge >= 0.3 is 7.12 Å². The lowest BCUT2D eigenvalue weighted by Gasteiger charge is -2.25. The van der Waals surface area contributed by atoms with E-state index in [-0.39, 0.29) is 24.5 Å². The summed E-state index contributed by atoms with van der Waals surface area (Å²) in [5, 5.41) is 34.8. The standard InChI is InChI=1S/C27H36BN3O5/c1-20(30-19-27(2,3)35-4)23(18-29)15-22-11-8-12-24(16-22)36-14-13-26(32)31-25(28(33)34)17-21-9-6-5-7-10-21/h5-12,16,23,25,30,33-34H,1,13-15,17,19H2,2-4H3,(H,31,32)/t23?,25-/m0/s1. The third kappa shape index (κ3) is 10.1. The van der Waals surface area contributed by atoms with E-state index < -0.39 is 19.0 Å². The summed E-state index contributed by atoms with van der Waals surface area (Å²) in [6.07, 6.45) is 0.818. The Bertz CT molecular complexity index is 1020. The Morgan fingerprint density at radius 3 is 2.47 bits per heavy atom. The van der Waals surface area contributed by atoms with E-state index in [0.717, 1.165) is 11.1 Å². The molecule has 2 rings (SSSR count). The van der Waals surface area contributed by atoms with Gasteiger partial charge < -0.3 is 30.2 Å². The molecule has 2 aromatic carbocycles. The fourth-order valence-electron chi connectivity index (χ4n) is 3.41. The molecule has 36 heavy (non-hydrogen) atoms. The zero-order valence-electron chi connectivity index (χ0n) is 21.2. The molecule has 0 saturated carbocycles. The second kappa shape index (κ2) is 14.3. The van der Waals surface area contributed by atoms with Crippen LogP contribution in [0.3, 0.4) is 0 Å². The number of hydrogen-bond acceptors (Lipinski definition) is 7. The Labute approximate surface area is 214 Å². The number of nitriles is 1. The lowest BCUT2D eigenvalue weighted by atomic mass is 9.76. The second-order valence-corrected chi connectivity index (χ2v) is 9.25. The van der Waals surface area contributed by atoms with Crippen LogP contribution in [0.25, 0.3) is 0 Å². The first kappa shape index (κ1) is 28.9. The van der Waals surface area contributed by atoms with Gasteiger partial charge in [-0.3, -0.25) is 4.79 Å². The van der Waals surface area contributed by atoms with Crippen LogP contribution in [0.2, 0.25) is 0 Å². The summed E-state index contributed by atoms with van der Waals surface area (Å²) in [4.78, 5) is 12.3. The van der Waals surface area contributed by atoms with Gasteiger partial charge in [0.25, 0.3) is 0 Å². The number of methoxy groups -OCH3 is 1. The number of carbonyl (C=O) groups is 1. The smallest absolute Gasteiger partial charge is 0.475 e. The van der Waals surface area contributed by atoms with Crippen LogP contribution < -0.4 is 15.4 Å². The molecule has 1 amide bonds. The second-order valence-electron chi connectivity index (χ2n) is 9.25. The molecule has 4 N–H and O–H groups in total. The first-order chi connectivity index (χ1) is 17.1. The lowest BCUT2D eigenvalue weighted by molar-refractivity contribution is -0.122. The maximum atomic E-state index is 12.3. The SMILES string of the molecule is C=C(NCC(C)(C)OC)C(C#N)Cc1cccc(OCCC(=O)N[C@@H](Cc2ccccc2)B(O)O)c1. The van der Waals surface area contributed by atoms with E-state index in [1.54, 1.807) is 13.2 Å². The first-order valence-electron chi connectivity index (χ1n) is 11.9. The summed E-state index contributed by atoms with van der Waals surface area (Å²) in [6.45, 7) is 8.57. The Hall–Kier alpha value is -3.32. The number of amides is 1. The molecule has 0 aliphatic rings. The minimum absolute atomic E-state index is 0.0546. The molecule has 0 aliphatic carbocycles. The van der Waals surface area contributed by atoms with Crippen LogP contribution in [-0.4, -0.2) is 54.9 Å². The van der Waals surface area contributed by atoms with E-state index in [9.17, 15) is 20.1 Å². The molecule has 0 aromatic heterocycles. The summed E-state index contributed by atoms with van der Waals surface area (Å²) in [7, 11) is -0.0370. The van der Waals surface area contributed by atoms with Gasteiger partial charge in [0.1, 0.15) is 5.75 Å². The average molecular weight is 493 g/mol. The van der Waals surface area contributed by atoms with Gasteiger partial charge in [-0.05, 0) is 49.9 Å². The molecule has 1 unspecified atom stereocenters. The number of nitrogens with one attached hydrogen (secondary N) is 2. The predicted octanol–water partition coefficient (Wildman–Crippen LogP) is 2.41. The van der Waals surface area contributed by atoms with Crippen molar-refractivity contribution in [2.24, 2.45) is 5.92 Å². The Kier molecular flexibility index (Phi) is 11.5. The van der Waals surface area contributed by atoms with Crippen molar-refractivity contribution in [3.63, 3.8) is 0 Å². The highest BCUT2D eigenvalue weighted by molar-refractivity contribution is 6.43. The lowest BCUT2D eigenvalue weighted by Crippen LogP contribution is -2.48. The van der Waals surface area contributed by atoms with E-state index in [4.69, 9.17) is 9.47 Å². The minimum atomic E-state index is -1.68. The number of ether oxygens (including phenoxy) is 2. The van der Waals surface area contributed by atoms with Crippen molar-refractivity contribution in [1.82, 2.24) is 10.6 Å². The van der Waals surface area contributed by atoms with Crippen molar-refractivity contribution in [3.8, 4) is 11.8 Å². The highest BCUT2D eigenvalue weighted by Gasteiger charge is 2.25. The van der Waals surface area contributed by atoms with Crippen LogP contribution in [0.5, 0.6) is 5.75 Å². The summed E-state index contributed by atoms with van der Waals surface area (Å²) >= 11 is 0. The molecule has 9 heteroatoms. The van der Waals surface area contributed by atoms with Crippen molar-refractivity contribution in [2.45, 2.75) is 44.7 Å². The van der Waals surface area contributed by atoms with Crippen LogP contribution in [0, 0.1) is 17.2 Å². The Balaban J connectivity index is 1.85. The van der Waals surface area contributed by atoms with Gasteiger partial charge in [-0.2, -0.15) is 5.26 Å². The van der Waals surface area contributed by atoms with E-state index in [0.29, 0.717) is 30.8 Å². The third-order valence-corrected chi connectivity index (χ3v) is 5.81. The molecule has 192 valence electrons. The van der Waals surface area contributed by atoms with Gasteiger partial charge in [0.15, 0.2) is 0 Å². The van der Waals surface area contributed by atoms with Gasteiger partial charge in [0, 0.05) is 19.4 Å². The first-order valence-corrected chi connectivity index (χ1v) is 11.9. The summed E-state index contributed by atoms with van der Waals surface area (Å²) in [5.41, 5.74) is 2.05. The molecule has 0 fully saturated rings. The molecule has 0 spiro atoms. The van der Waals surface area contributed by atoms with Crippen molar-refractivity contribution < 1.29 is 24.3 Å². The van der Waals surface area contributed by atoms with Crippen LogP contribution in [0.15, 0.2) is 66.9 Å². The summed E-state index contributed by atoms with van der Waals surface area (Å²) < 4.78 is 11.1. The zero-order valence-corrected chi connectivity index (χ0v) is 21.2. The van der Waals surface area contributed by atoms with Crippen molar-refractivity contribution in [3.05, 3.63) is 78.0 Å². The minimum Gasteiger partial charge on any atom is -0.493 e. The normalized spacial score (nSPS) is 12.7. The molecule has 2 atom stereocenters. The van der Waals surface area contributed by atoms with Crippen molar-refractivity contribution >= 4 is 13.0 Å². The molecule has 0 radical (unpaired) electrons. The molecule has 2 aromatic rings. The molecule has 0 bridgehead atoms. The monoisotopic (exact) mass is 493 g/mol. The Morgan fingerprint density at radius 1 is 1.14 bits per heavy atom. The predicted molar refractivity (Wildman–Crippen MR) is 140 cm³/mol. The van der Waals surface area contributed by atoms with Crippen molar-refractivity contribution in [2.75, 3.05) is 20.3 Å². The number of hydrogen-bond donors (Lipinski definition) is 4.